The van der Waals surface area contributed by atoms with Crippen molar-refractivity contribution in [2.45, 2.75) is 39.0 Å². The molecule has 0 aliphatic heterocycles. The van der Waals surface area contributed by atoms with Crippen molar-refractivity contribution in [1.82, 2.24) is 4.90 Å². The van der Waals surface area contributed by atoms with Crippen LogP contribution in [0.5, 0.6) is 0 Å². The molecule has 0 atom stereocenters. The second kappa shape index (κ2) is 7.84. The average molecular weight is 183 g/mol. The highest BCUT2D eigenvalue weighted by Crippen LogP contribution is 2.00. The Morgan fingerprint density at radius 3 is 2.46 bits per heavy atom. The predicted octanol–water partition coefficient (Wildman–Crippen LogP) is 2.60. The van der Waals surface area contributed by atoms with E-state index in [1.54, 1.807) is 19.0 Å². The van der Waals surface area contributed by atoms with E-state index < -0.39 is 0 Å². The Kier molecular flexibility index (Phi) is 7.36. The van der Waals surface area contributed by atoms with Crippen LogP contribution in [-0.2, 0) is 4.79 Å². The first-order valence-electron chi connectivity index (χ1n) is 5.03. The van der Waals surface area contributed by atoms with Gasteiger partial charge in [0.1, 0.15) is 0 Å². The quantitative estimate of drug-likeness (QED) is 0.458. The molecule has 0 aliphatic carbocycles. The third-order valence-electron chi connectivity index (χ3n) is 1.93. The lowest BCUT2D eigenvalue weighted by Crippen LogP contribution is -2.20. The molecule has 0 aromatic rings. The molecule has 0 heterocycles. The Morgan fingerprint density at radius 1 is 1.23 bits per heavy atom. The van der Waals surface area contributed by atoms with Crippen molar-refractivity contribution in [3.8, 4) is 0 Å². The molecule has 0 saturated carbocycles. The summed E-state index contributed by atoms with van der Waals surface area (Å²) in [4.78, 5) is 12.7. The number of unbranched alkanes of at least 4 members (excludes halogenated alkanes) is 3. The molecule has 0 unspecified atom stereocenters. The molecule has 0 saturated heterocycles. The number of carbonyl (C=O) groups is 1. The van der Waals surface area contributed by atoms with Gasteiger partial charge in [0.15, 0.2) is 0 Å². The van der Waals surface area contributed by atoms with E-state index in [9.17, 15) is 4.79 Å². The number of rotatable bonds is 6. The van der Waals surface area contributed by atoms with Crippen molar-refractivity contribution in [1.29, 1.82) is 0 Å². The Morgan fingerprint density at radius 2 is 1.92 bits per heavy atom. The molecule has 2 heteroatoms. The van der Waals surface area contributed by atoms with Crippen LogP contribution in [0.2, 0.25) is 0 Å². The Balaban J connectivity index is 3.36. The van der Waals surface area contributed by atoms with Gasteiger partial charge in [-0.2, -0.15) is 0 Å². The predicted molar refractivity (Wildman–Crippen MR) is 56.6 cm³/mol. The van der Waals surface area contributed by atoms with Crippen LogP contribution in [0.25, 0.3) is 0 Å². The van der Waals surface area contributed by atoms with Gasteiger partial charge in [-0.3, -0.25) is 4.79 Å². The van der Waals surface area contributed by atoms with E-state index in [1.165, 1.54) is 19.3 Å². The summed E-state index contributed by atoms with van der Waals surface area (Å²) < 4.78 is 0. The molecule has 0 aromatic carbocycles. The van der Waals surface area contributed by atoms with Gasteiger partial charge in [0.25, 0.3) is 0 Å². The van der Waals surface area contributed by atoms with E-state index in [0.717, 1.165) is 6.42 Å². The van der Waals surface area contributed by atoms with Crippen LogP contribution in [0.15, 0.2) is 12.2 Å². The lowest BCUT2D eigenvalue weighted by atomic mass is 10.2. The molecule has 0 radical (unpaired) electrons. The largest absolute Gasteiger partial charge is 0.349 e. The minimum Gasteiger partial charge on any atom is -0.349 e. The minimum atomic E-state index is 0.173. The number of nitrogens with zero attached hydrogens (tertiary/aromatic N) is 1. The van der Waals surface area contributed by atoms with Crippen LogP contribution < -0.4 is 0 Å². The molecular formula is C11H21NO. The summed E-state index contributed by atoms with van der Waals surface area (Å²) >= 11 is 0. The van der Waals surface area contributed by atoms with Crippen molar-refractivity contribution < 1.29 is 4.79 Å². The molecule has 76 valence electrons. The zero-order valence-corrected chi connectivity index (χ0v) is 9.05. The summed E-state index contributed by atoms with van der Waals surface area (Å²) in [5.74, 6) is 0.173. The smallest absolute Gasteiger partial charge is 0.225 e. The Bertz CT molecular complexity index is 161. The second-order valence-electron chi connectivity index (χ2n) is 3.46. The lowest BCUT2D eigenvalue weighted by Gasteiger charge is -2.06. The maximum Gasteiger partial charge on any atom is 0.225 e. The van der Waals surface area contributed by atoms with Gasteiger partial charge in [0.05, 0.1) is 0 Å². The fourth-order valence-electron chi connectivity index (χ4n) is 0.997. The van der Waals surface area contributed by atoms with Crippen LogP contribution in [0, 0.1) is 0 Å². The number of hydrogen-bond donors (Lipinski definition) is 0. The standard InChI is InChI=1S/C11H21NO/c1-4-5-6-7-8-9-10-11(13)12(2)3/h8-9H,4-7,10H2,1-3H3. The van der Waals surface area contributed by atoms with Gasteiger partial charge in [-0.25, -0.2) is 0 Å². The summed E-state index contributed by atoms with van der Waals surface area (Å²) in [7, 11) is 3.57. The Labute approximate surface area is 81.6 Å². The first kappa shape index (κ1) is 12.2. The van der Waals surface area contributed by atoms with E-state index in [4.69, 9.17) is 0 Å². The molecule has 0 bridgehead atoms. The first-order valence-corrected chi connectivity index (χ1v) is 5.03. The summed E-state index contributed by atoms with van der Waals surface area (Å²) in [6.45, 7) is 2.19. The highest BCUT2D eigenvalue weighted by molar-refractivity contribution is 5.76. The average Bonchev–Trinajstić information content (AvgIpc) is 2.10. The number of hydrogen-bond acceptors (Lipinski definition) is 1. The van der Waals surface area contributed by atoms with Crippen LogP contribution >= 0.6 is 0 Å². The summed E-state index contributed by atoms with van der Waals surface area (Å²) in [6, 6.07) is 0. The molecule has 1 amide bonds. The maximum absolute atomic E-state index is 11.1. The van der Waals surface area contributed by atoms with Crippen LogP contribution in [0.3, 0.4) is 0 Å². The molecule has 2 nitrogen and oxygen atoms in total. The number of amides is 1. The van der Waals surface area contributed by atoms with Gasteiger partial charge in [-0.15, -0.1) is 0 Å². The fraction of sp³-hybridized carbons (Fsp3) is 0.727. The van der Waals surface area contributed by atoms with Crippen molar-refractivity contribution in [2.75, 3.05) is 14.1 Å². The summed E-state index contributed by atoms with van der Waals surface area (Å²) in [6.07, 6.45) is 9.50. The van der Waals surface area contributed by atoms with Crippen molar-refractivity contribution in [3.05, 3.63) is 12.2 Å². The normalized spacial score (nSPS) is 10.7. The van der Waals surface area contributed by atoms with Gasteiger partial charge >= 0.3 is 0 Å². The third kappa shape index (κ3) is 7.57. The highest BCUT2D eigenvalue weighted by Gasteiger charge is 1.98. The van der Waals surface area contributed by atoms with Crippen molar-refractivity contribution in [2.24, 2.45) is 0 Å². The van der Waals surface area contributed by atoms with Crippen LogP contribution in [0.1, 0.15) is 39.0 Å². The van der Waals surface area contributed by atoms with Crippen LogP contribution in [-0.4, -0.2) is 24.9 Å². The maximum atomic E-state index is 11.1. The van der Waals surface area contributed by atoms with Gasteiger partial charge < -0.3 is 4.90 Å². The summed E-state index contributed by atoms with van der Waals surface area (Å²) in [5, 5.41) is 0. The molecule has 0 fully saturated rings. The first-order chi connectivity index (χ1) is 6.18. The van der Waals surface area contributed by atoms with Crippen molar-refractivity contribution in [3.63, 3.8) is 0 Å². The van der Waals surface area contributed by atoms with Gasteiger partial charge in [0.2, 0.25) is 5.91 Å². The number of allylic oxidation sites excluding steroid dienone is 1. The molecular weight excluding hydrogens is 162 g/mol. The van der Waals surface area contributed by atoms with Gasteiger partial charge in [-0.05, 0) is 12.8 Å². The monoisotopic (exact) mass is 183 g/mol. The fourth-order valence-corrected chi connectivity index (χ4v) is 0.997. The van der Waals surface area contributed by atoms with E-state index >= 15 is 0 Å². The zero-order chi connectivity index (χ0) is 10.1. The van der Waals surface area contributed by atoms with E-state index in [2.05, 4.69) is 13.0 Å². The highest BCUT2D eigenvalue weighted by atomic mass is 16.2. The van der Waals surface area contributed by atoms with Gasteiger partial charge in [-0.1, -0.05) is 31.9 Å². The molecule has 13 heavy (non-hydrogen) atoms. The second-order valence-corrected chi connectivity index (χ2v) is 3.46. The minimum absolute atomic E-state index is 0.173. The van der Waals surface area contributed by atoms with E-state index in [0.29, 0.717) is 6.42 Å². The zero-order valence-electron chi connectivity index (χ0n) is 9.05. The SMILES string of the molecule is CCCCCC=CCC(=O)N(C)C. The number of carbonyl (C=O) groups excluding carboxylic acids is 1. The van der Waals surface area contributed by atoms with Crippen molar-refractivity contribution >= 4 is 5.91 Å². The topological polar surface area (TPSA) is 20.3 Å². The third-order valence-corrected chi connectivity index (χ3v) is 1.93. The molecule has 0 N–H and O–H groups in total. The molecule has 0 spiro atoms. The Hall–Kier alpha value is -0.790. The molecule has 0 aliphatic rings. The van der Waals surface area contributed by atoms with E-state index in [-0.39, 0.29) is 5.91 Å². The molecule has 0 aromatic heterocycles. The molecule has 0 rings (SSSR count). The lowest BCUT2D eigenvalue weighted by molar-refractivity contribution is -0.127. The summed E-state index contributed by atoms with van der Waals surface area (Å²) in [5.41, 5.74) is 0. The van der Waals surface area contributed by atoms with Crippen LogP contribution in [0.4, 0.5) is 0 Å². The van der Waals surface area contributed by atoms with E-state index in [1.807, 2.05) is 6.08 Å². The van der Waals surface area contributed by atoms with Gasteiger partial charge in [0, 0.05) is 20.5 Å².